The molecular formula is C9H9NO4. The van der Waals surface area contributed by atoms with Gasteiger partial charge in [0.2, 0.25) is 0 Å². The molecule has 0 radical (unpaired) electrons. The van der Waals surface area contributed by atoms with Gasteiger partial charge >= 0.3 is 11.9 Å². The number of hydrogen-bond acceptors (Lipinski definition) is 3. The van der Waals surface area contributed by atoms with Gasteiger partial charge in [-0.05, 0) is 11.6 Å². The molecule has 5 heteroatoms. The minimum absolute atomic E-state index is 0.0799. The third-order valence-corrected chi connectivity index (χ3v) is 1.74. The largest absolute Gasteiger partial charge is 0.481 e. The number of carboxylic acid groups (broad SMARTS) is 2. The predicted octanol–water partition coefficient (Wildman–Crippen LogP) is 0.594. The van der Waals surface area contributed by atoms with E-state index < -0.39 is 11.9 Å². The van der Waals surface area contributed by atoms with E-state index in [4.69, 9.17) is 15.9 Å². The average molecular weight is 195 g/mol. The molecule has 1 aromatic rings. The molecule has 1 aromatic carbocycles. The van der Waals surface area contributed by atoms with Crippen LogP contribution in [-0.2, 0) is 11.2 Å². The molecule has 0 aliphatic carbocycles. The second-order valence-electron chi connectivity index (χ2n) is 2.76. The summed E-state index contributed by atoms with van der Waals surface area (Å²) in [5.74, 6) is -2.29. The number of anilines is 1. The maximum Gasteiger partial charge on any atom is 0.338 e. The highest BCUT2D eigenvalue weighted by atomic mass is 16.4. The van der Waals surface area contributed by atoms with Crippen LogP contribution < -0.4 is 5.73 Å². The van der Waals surface area contributed by atoms with Crippen LogP contribution in [0, 0.1) is 0 Å². The molecule has 5 nitrogen and oxygen atoms in total. The standard InChI is InChI=1S/C9H9NO4/c10-6-3-1-2-5(4-7(11)12)8(6)9(13)14/h1-3H,4,10H2,(H,11,12)(H,13,14). The number of aliphatic carboxylic acids is 1. The molecule has 0 aliphatic rings. The Morgan fingerprint density at radius 3 is 2.43 bits per heavy atom. The van der Waals surface area contributed by atoms with Crippen LogP contribution in [0.3, 0.4) is 0 Å². The monoisotopic (exact) mass is 195 g/mol. The Balaban J connectivity index is 3.21. The van der Waals surface area contributed by atoms with Gasteiger partial charge in [0, 0.05) is 5.69 Å². The zero-order valence-corrected chi connectivity index (χ0v) is 7.23. The van der Waals surface area contributed by atoms with Gasteiger partial charge in [0.25, 0.3) is 0 Å². The Labute approximate surface area is 79.8 Å². The normalized spacial score (nSPS) is 9.71. The van der Waals surface area contributed by atoms with Gasteiger partial charge < -0.3 is 15.9 Å². The van der Waals surface area contributed by atoms with Crippen molar-refractivity contribution in [1.82, 2.24) is 0 Å². The molecule has 0 aromatic heterocycles. The smallest absolute Gasteiger partial charge is 0.338 e. The maximum absolute atomic E-state index is 10.8. The minimum Gasteiger partial charge on any atom is -0.481 e. The molecule has 0 saturated carbocycles. The highest BCUT2D eigenvalue weighted by molar-refractivity contribution is 5.96. The number of rotatable bonds is 3. The number of carbonyl (C=O) groups is 2. The summed E-state index contributed by atoms with van der Waals surface area (Å²) in [6.07, 6.45) is -0.341. The summed E-state index contributed by atoms with van der Waals surface area (Å²) in [7, 11) is 0. The number of hydrogen-bond donors (Lipinski definition) is 3. The van der Waals surface area contributed by atoms with Crippen LogP contribution in [0.25, 0.3) is 0 Å². The Morgan fingerprint density at radius 1 is 1.29 bits per heavy atom. The lowest BCUT2D eigenvalue weighted by molar-refractivity contribution is -0.136. The molecule has 74 valence electrons. The van der Waals surface area contributed by atoms with Crippen molar-refractivity contribution in [2.45, 2.75) is 6.42 Å². The highest BCUT2D eigenvalue weighted by Gasteiger charge is 2.15. The molecule has 0 unspecified atom stereocenters. The molecule has 0 fully saturated rings. The third kappa shape index (κ3) is 2.01. The van der Waals surface area contributed by atoms with Gasteiger partial charge in [-0.2, -0.15) is 0 Å². The summed E-state index contributed by atoms with van der Waals surface area (Å²) in [6, 6.07) is 4.39. The summed E-state index contributed by atoms with van der Waals surface area (Å²) < 4.78 is 0. The van der Waals surface area contributed by atoms with E-state index in [2.05, 4.69) is 0 Å². The van der Waals surface area contributed by atoms with Crippen molar-refractivity contribution in [3.05, 3.63) is 29.3 Å². The van der Waals surface area contributed by atoms with Crippen LogP contribution in [0.15, 0.2) is 18.2 Å². The van der Waals surface area contributed by atoms with Crippen molar-refractivity contribution in [2.24, 2.45) is 0 Å². The van der Waals surface area contributed by atoms with Crippen molar-refractivity contribution >= 4 is 17.6 Å². The fraction of sp³-hybridized carbons (Fsp3) is 0.111. The Morgan fingerprint density at radius 2 is 1.93 bits per heavy atom. The number of aromatic carboxylic acids is 1. The predicted molar refractivity (Wildman–Crippen MR) is 49.2 cm³/mol. The van der Waals surface area contributed by atoms with Crippen LogP contribution in [0.4, 0.5) is 5.69 Å². The SMILES string of the molecule is Nc1cccc(CC(=O)O)c1C(=O)O. The number of nitrogens with two attached hydrogens (primary N) is 1. The summed E-state index contributed by atoms with van der Waals surface area (Å²) in [6.45, 7) is 0. The van der Waals surface area contributed by atoms with Crippen molar-refractivity contribution in [3.63, 3.8) is 0 Å². The Hall–Kier alpha value is -2.04. The second-order valence-corrected chi connectivity index (χ2v) is 2.76. The summed E-state index contributed by atoms with van der Waals surface area (Å²) >= 11 is 0. The summed E-state index contributed by atoms with van der Waals surface area (Å²) in [4.78, 5) is 21.2. The quantitative estimate of drug-likeness (QED) is 0.613. The van der Waals surface area contributed by atoms with Gasteiger partial charge in [0.15, 0.2) is 0 Å². The second kappa shape index (κ2) is 3.78. The zero-order chi connectivity index (χ0) is 10.7. The van der Waals surface area contributed by atoms with Crippen LogP contribution >= 0.6 is 0 Å². The lowest BCUT2D eigenvalue weighted by atomic mass is 10.0. The molecule has 14 heavy (non-hydrogen) atoms. The van der Waals surface area contributed by atoms with E-state index in [1.165, 1.54) is 18.2 Å². The fourth-order valence-corrected chi connectivity index (χ4v) is 1.19. The average Bonchev–Trinajstić information content (AvgIpc) is 2.01. The molecule has 0 heterocycles. The first-order valence-corrected chi connectivity index (χ1v) is 3.85. The molecule has 0 aliphatic heterocycles. The summed E-state index contributed by atoms with van der Waals surface area (Å²) in [5.41, 5.74) is 5.59. The van der Waals surface area contributed by atoms with Gasteiger partial charge in [-0.25, -0.2) is 4.79 Å². The van der Waals surface area contributed by atoms with E-state index >= 15 is 0 Å². The molecule has 0 atom stereocenters. The number of benzene rings is 1. The van der Waals surface area contributed by atoms with Gasteiger partial charge in [-0.15, -0.1) is 0 Å². The molecule has 4 N–H and O–H groups in total. The molecule has 0 bridgehead atoms. The van der Waals surface area contributed by atoms with Gasteiger partial charge in [-0.1, -0.05) is 12.1 Å². The van der Waals surface area contributed by atoms with E-state index in [1.807, 2.05) is 0 Å². The Kier molecular flexibility index (Phi) is 2.71. The molecule has 0 amide bonds. The first-order valence-electron chi connectivity index (χ1n) is 3.85. The van der Waals surface area contributed by atoms with Crippen molar-refractivity contribution in [3.8, 4) is 0 Å². The highest BCUT2D eigenvalue weighted by Crippen LogP contribution is 2.17. The van der Waals surface area contributed by atoms with Crippen molar-refractivity contribution in [2.75, 3.05) is 5.73 Å². The third-order valence-electron chi connectivity index (χ3n) is 1.74. The van der Waals surface area contributed by atoms with E-state index in [-0.39, 0.29) is 23.2 Å². The first-order chi connectivity index (χ1) is 6.52. The van der Waals surface area contributed by atoms with Gasteiger partial charge in [-0.3, -0.25) is 4.79 Å². The molecular weight excluding hydrogens is 186 g/mol. The van der Waals surface area contributed by atoms with E-state index in [0.717, 1.165) is 0 Å². The maximum atomic E-state index is 10.8. The van der Waals surface area contributed by atoms with Crippen LogP contribution in [0.2, 0.25) is 0 Å². The zero-order valence-electron chi connectivity index (χ0n) is 7.23. The first kappa shape index (κ1) is 10.0. The van der Waals surface area contributed by atoms with Crippen LogP contribution in [0.5, 0.6) is 0 Å². The Bertz CT molecular complexity index is 386. The lowest BCUT2D eigenvalue weighted by Crippen LogP contribution is -2.10. The molecule has 1 rings (SSSR count). The lowest BCUT2D eigenvalue weighted by Gasteiger charge is -2.05. The fourth-order valence-electron chi connectivity index (χ4n) is 1.19. The number of nitrogen functional groups attached to an aromatic ring is 1. The topological polar surface area (TPSA) is 101 Å². The van der Waals surface area contributed by atoms with Crippen LogP contribution in [-0.4, -0.2) is 22.2 Å². The van der Waals surface area contributed by atoms with Crippen LogP contribution in [0.1, 0.15) is 15.9 Å². The van der Waals surface area contributed by atoms with E-state index in [9.17, 15) is 9.59 Å². The van der Waals surface area contributed by atoms with Gasteiger partial charge in [0.1, 0.15) is 0 Å². The molecule has 0 spiro atoms. The summed E-state index contributed by atoms with van der Waals surface area (Å²) in [5, 5.41) is 17.3. The van der Waals surface area contributed by atoms with Crippen molar-refractivity contribution < 1.29 is 19.8 Å². The van der Waals surface area contributed by atoms with E-state index in [1.54, 1.807) is 0 Å². The minimum atomic E-state index is -1.21. The van der Waals surface area contributed by atoms with Gasteiger partial charge in [0.05, 0.1) is 12.0 Å². The van der Waals surface area contributed by atoms with E-state index in [0.29, 0.717) is 0 Å². The number of carboxylic acids is 2. The molecule has 0 saturated heterocycles. The van der Waals surface area contributed by atoms with Crippen molar-refractivity contribution in [1.29, 1.82) is 0 Å².